The van der Waals surface area contributed by atoms with Gasteiger partial charge < -0.3 is 0 Å². The zero-order chi connectivity index (χ0) is 14.9. The molecule has 0 atom stereocenters. The maximum absolute atomic E-state index is 9.51. The number of aromatic nitrogens is 1. The number of benzene rings is 1. The van der Waals surface area contributed by atoms with Crippen LogP contribution in [0.4, 0.5) is 0 Å². The van der Waals surface area contributed by atoms with Crippen molar-refractivity contribution in [1.29, 1.82) is 0 Å². The number of hydrogen-bond acceptors (Lipinski definition) is 4. The number of aromatic hydroxyl groups is 1. The van der Waals surface area contributed by atoms with Crippen molar-refractivity contribution in [1.82, 2.24) is 4.98 Å². The summed E-state index contributed by atoms with van der Waals surface area (Å²) >= 11 is 3.79. The topological polar surface area (TPSA) is 33.1 Å². The second-order valence-corrected chi connectivity index (χ2v) is 9.01. The Hall–Kier alpha value is -1.65. The Morgan fingerprint density at radius 2 is 2.00 bits per heavy atom. The van der Waals surface area contributed by atoms with Crippen LogP contribution in [0.2, 0.25) is 0 Å². The summed E-state index contributed by atoms with van der Waals surface area (Å²) in [6.07, 6.45) is 4.23. The summed E-state index contributed by atoms with van der Waals surface area (Å²) < 4.78 is 2.33. The van der Waals surface area contributed by atoms with Crippen molar-refractivity contribution in [2.45, 2.75) is 0 Å². The van der Waals surface area contributed by atoms with Crippen LogP contribution in [0.5, 0.6) is 5.75 Å². The molecule has 0 fully saturated rings. The Morgan fingerprint density at radius 1 is 1.05 bits per heavy atom. The molecule has 0 spiro atoms. The van der Waals surface area contributed by atoms with Crippen molar-refractivity contribution in [3.8, 4) is 15.5 Å². The van der Waals surface area contributed by atoms with Gasteiger partial charge in [0.25, 0.3) is 0 Å². The summed E-state index contributed by atoms with van der Waals surface area (Å²) in [4.78, 5) is 8.45. The van der Waals surface area contributed by atoms with Gasteiger partial charge in [-0.05, 0) is 0 Å². The van der Waals surface area contributed by atoms with Crippen LogP contribution in [0.25, 0.3) is 31.7 Å². The molecule has 2 nitrogen and oxygen atoms in total. The molecule has 0 unspecified atom stereocenters. The monoisotopic (exact) mass is 389 g/mol. The van der Waals surface area contributed by atoms with Crippen LogP contribution in [0, 0.1) is 0 Å². The molecule has 0 radical (unpaired) electrons. The van der Waals surface area contributed by atoms with Crippen LogP contribution in [0.1, 0.15) is 9.44 Å². The predicted molar refractivity (Wildman–Crippen MR) is 96.9 cm³/mol. The average Bonchev–Trinajstić information content (AvgIpc) is 3.24. The van der Waals surface area contributed by atoms with Gasteiger partial charge in [-0.3, -0.25) is 0 Å². The van der Waals surface area contributed by atoms with E-state index >= 15 is 0 Å². The van der Waals surface area contributed by atoms with Crippen LogP contribution >= 0.6 is 22.7 Å². The van der Waals surface area contributed by atoms with Gasteiger partial charge in [0.05, 0.1) is 0 Å². The molecular formula is C17H11NOS2Se. The van der Waals surface area contributed by atoms with E-state index in [1.807, 2.05) is 6.07 Å². The molecule has 0 aliphatic carbocycles. The zero-order valence-corrected chi connectivity index (χ0v) is 14.7. The van der Waals surface area contributed by atoms with Crippen molar-refractivity contribution in [2.24, 2.45) is 0 Å². The fourth-order valence-corrected chi connectivity index (χ4v) is 5.68. The van der Waals surface area contributed by atoms with Gasteiger partial charge >= 0.3 is 142 Å². The van der Waals surface area contributed by atoms with Gasteiger partial charge in [0, 0.05) is 0 Å². The van der Waals surface area contributed by atoms with Gasteiger partial charge in [0.15, 0.2) is 0 Å². The van der Waals surface area contributed by atoms with Crippen molar-refractivity contribution >= 4 is 59.1 Å². The third kappa shape index (κ3) is 2.81. The average molecular weight is 388 g/mol. The van der Waals surface area contributed by atoms with E-state index in [2.05, 4.69) is 46.8 Å². The third-order valence-corrected chi connectivity index (χ3v) is 7.39. The van der Waals surface area contributed by atoms with E-state index < -0.39 is 0 Å². The molecular weight excluding hydrogens is 377 g/mol. The molecule has 0 aliphatic heterocycles. The van der Waals surface area contributed by atoms with Crippen molar-refractivity contribution in [2.75, 3.05) is 0 Å². The number of phenolic OH excluding ortho intramolecular Hbond substituents is 1. The Labute approximate surface area is 141 Å². The summed E-state index contributed by atoms with van der Waals surface area (Å²) in [7, 11) is 0. The first kappa shape index (κ1) is 14.0. The molecule has 0 saturated heterocycles. The minimum atomic E-state index is 0.230. The molecule has 3 heterocycles. The number of rotatable bonds is 3. The minimum absolute atomic E-state index is 0.230. The van der Waals surface area contributed by atoms with Gasteiger partial charge in [-0.15, -0.1) is 0 Å². The van der Waals surface area contributed by atoms with E-state index in [-0.39, 0.29) is 20.3 Å². The summed E-state index contributed by atoms with van der Waals surface area (Å²) in [5.41, 5.74) is 0.908. The van der Waals surface area contributed by atoms with E-state index in [4.69, 9.17) is 0 Å². The molecule has 3 aromatic heterocycles. The molecule has 5 heteroatoms. The SMILES string of the molecule is Oc1ccc2[se]c(/C=C/c3ccc(-c4cccs4)s3)nc2c1. The van der Waals surface area contributed by atoms with Gasteiger partial charge in [-0.1, -0.05) is 0 Å². The quantitative estimate of drug-likeness (QED) is 0.504. The second-order valence-electron chi connectivity index (χ2n) is 4.72. The van der Waals surface area contributed by atoms with E-state index in [1.54, 1.807) is 34.8 Å². The zero-order valence-electron chi connectivity index (χ0n) is 11.4. The maximum atomic E-state index is 9.51. The van der Waals surface area contributed by atoms with Crippen LogP contribution < -0.4 is 0 Å². The van der Waals surface area contributed by atoms with Crippen molar-refractivity contribution in [3.63, 3.8) is 0 Å². The number of nitrogens with zero attached hydrogens (tertiary/aromatic N) is 1. The van der Waals surface area contributed by atoms with Crippen LogP contribution in [-0.2, 0) is 0 Å². The molecule has 0 saturated carbocycles. The van der Waals surface area contributed by atoms with Crippen LogP contribution in [0.15, 0.2) is 47.8 Å². The number of hydrogen-bond donors (Lipinski definition) is 1. The Kier molecular flexibility index (Phi) is 3.72. The van der Waals surface area contributed by atoms with Gasteiger partial charge in [-0.2, -0.15) is 0 Å². The third-order valence-electron chi connectivity index (χ3n) is 3.17. The summed E-state index contributed by atoms with van der Waals surface area (Å²) in [6.45, 7) is 0. The molecule has 0 amide bonds. The summed E-state index contributed by atoms with van der Waals surface area (Å²) in [5.74, 6) is 0.280. The van der Waals surface area contributed by atoms with Gasteiger partial charge in [0.1, 0.15) is 0 Å². The normalized spacial score (nSPS) is 11.6. The Morgan fingerprint density at radius 3 is 2.86 bits per heavy atom. The first-order valence-corrected chi connectivity index (χ1v) is 10.1. The predicted octanol–water partition coefficient (Wildman–Crippen LogP) is 4.96. The van der Waals surface area contributed by atoms with Crippen molar-refractivity contribution in [3.05, 3.63) is 57.3 Å². The Balaban J connectivity index is 1.60. The number of thiophene rings is 2. The standard InChI is InChI=1S/C17H11NOS2Se/c19-11-3-7-16-13(10-11)18-17(22-16)8-5-12-4-6-15(21-12)14-2-1-9-20-14/h1-10,19H/b8-5+. The number of phenols is 1. The molecule has 1 N–H and O–H groups in total. The Bertz CT molecular complexity index is 950. The second kappa shape index (κ2) is 5.86. The molecule has 1 aromatic carbocycles. The molecule has 4 rings (SSSR count). The van der Waals surface area contributed by atoms with Crippen LogP contribution in [0.3, 0.4) is 0 Å². The summed E-state index contributed by atoms with van der Waals surface area (Å²) in [5, 5.41) is 11.6. The molecule has 0 bridgehead atoms. The number of fused-ring (bicyclic) bond motifs is 1. The van der Waals surface area contributed by atoms with Crippen molar-refractivity contribution < 1.29 is 5.11 Å². The first-order valence-electron chi connectivity index (χ1n) is 6.69. The van der Waals surface area contributed by atoms with Gasteiger partial charge in [0.2, 0.25) is 0 Å². The van der Waals surface area contributed by atoms with E-state index in [0.29, 0.717) is 0 Å². The molecule has 0 aliphatic rings. The van der Waals surface area contributed by atoms with E-state index in [9.17, 15) is 5.11 Å². The van der Waals surface area contributed by atoms with Crippen LogP contribution in [-0.4, -0.2) is 24.6 Å². The fraction of sp³-hybridized carbons (Fsp3) is 0. The van der Waals surface area contributed by atoms with Gasteiger partial charge in [-0.25, -0.2) is 0 Å². The van der Waals surface area contributed by atoms with E-state index in [0.717, 1.165) is 10.1 Å². The molecule has 22 heavy (non-hydrogen) atoms. The fourth-order valence-electron chi connectivity index (χ4n) is 2.15. The molecule has 108 valence electrons. The first-order chi connectivity index (χ1) is 10.8. The van der Waals surface area contributed by atoms with E-state index in [1.165, 1.54) is 18.9 Å². The summed E-state index contributed by atoms with van der Waals surface area (Å²) in [6, 6.07) is 14.0. The molecule has 4 aromatic rings.